The maximum atomic E-state index is 10.1. The fraction of sp³-hybridized carbons (Fsp3) is 0.733. The van der Waals surface area contributed by atoms with Crippen molar-refractivity contribution in [2.45, 2.75) is 62.4 Å². The smallest absolute Gasteiger partial charge is 0.189 e. The standard InChI is InChI=1S/C15H25N5O8/c1-4(22)8(23)5-2-17-7-12(18-5)19-15(16)20-13(7)28-14-11(26)10(25)9(24)6(3-21)27-14/h2,4,6,8-11,13-15,20-26H,3,16H2,1H3,(H,18,19)/t4?,6-,8?,9-,10+,11-,13?,14?,15?/m1/s1. The summed E-state index contributed by atoms with van der Waals surface area (Å²) in [5.74, 6) is 0.179. The van der Waals surface area contributed by atoms with Gasteiger partial charge >= 0.3 is 0 Å². The molecule has 2 aliphatic rings. The summed E-state index contributed by atoms with van der Waals surface area (Å²) in [5.41, 5.74) is 6.19. The second-order valence-corrected chi connectivity index (χ2v) is 6.72. The van der Waals surface area contributed by atoms with E-state index in [4.69, 9.17) is 15.2 Å². The number of anilines is 1. The summed E-state index contributed by atoms with van der Waals surface area (Å²) in [5, 5.41) is 64.2. The molecule has 0 amide bonds. The van der Waals surface area contributed by atoms with Crippen LogP contribution in [0.1, 0.15) is 30.6 Å². The van der Waals surface area contributed by atoms with Gasteiger partial charge in [0.25, 0.3) is 0 Å². The monoisotopic (exact) mass is 403 g/mol. The lowest BCUT2D eigenvalue weighted by Gasteiger charge is -2.41. The Balaban J connectivity index is 1.82. The van der Waals surface area contributed by atoms with Gasteiger partial charge in [-0.3, -0.25) is 16.0 Å². The maximum absolute atomic E-state index is 10.1. The van der Waals surface area contributed by atoms with Crippen molar-refractivity contribution < 1.29 is 40.1 Å². The minimum absolute atomic E-state index is 0.113. The van der Waals surface area contributed by atoms with Crippen molar-refractivity contribution in [1.29, 1.82) is 0 Å². The van der Waals surface area contributed by atoms with Gasteiger partial charge in [-0.05, 0) is 6.92 Å². The first-order valence-electron chi connectivity index (χ1n) is 8.70. The number of ether oxygens (including phenoxy) is 2. The SMILES string of the molecule is CC(O)C(O)c1cnc2c(n1)NC(N)NC2OC1O[C@H](CO)[C@@H](O)[C@H](O)[C@H]1O. The first-order valence-corrected chi connectivity index (χ1v) is 8.70. The van der Waals surface area contributed by atoms with Gasteiger partial charge in [0, 0.05) is 0 Å². The zero-order valence-electron chi connectivity index (χ0n) is 15.0. The molecule has 10 N–H and O–H groups in total. The first kappa shape index (κ1) is 21.2. The van der Waals surface area contributed by atoms with E-state index in [0.717, 1.165) is 0 Å². The van der Waals surface area contributed by atoms with Crippen molar-refractivity contribution in [2.75, 3.05) is 11.9 Å². The van der Waals surface area contributed by atoms with Gasteiger partial charge in [-0.1, -0.05) is 0 Å². The lowest BCUT2D eigenvalue weighted by Crippen LogP contribution is -2.60. The third kappa shape index (κ3) is 4.08. The molecule has 1 saturated heterocycles. The molecule has 5 unspecified atom stereocenters. The third-order valence-electron chi connectivity index (χ3n) is 4.57. The summed E-state index contributed by atoms with van der Waals surface area (Å²) in [6.45, 7) is 0.804. The Bertz CT molecular complexity index is 680. The highest BCUT2D eigenvalue weighted by Gasteiger charge is 2.45. The molecule has 2 aliphatic heterocycles. The van der Waals surface area contributed by atoms with Crippen LogP contribution in [0.2, 0.25) is 0 Å². The van der Waals surface area contributed by atoms with Crippen molar-refractivity contribution >= 4 is 5.82 Å². The summed E-state index contributed by atoms with van der Waals surface area (Å²) in [6, 6.07) is 0. The van der Waals surface area contributed by atoms with Gasteiger partial charge in [0.15, 0.2) is 18.3 Å². The second-order valence-electron chi connectivity index (χ2n) is 6.72. The molecule has 158 valence electrons. The van der Waals surface area contributed by atoms with E-state index in [1.165, 1.54) is 13.1 Å². The van der Waals surface area contributed by atoms with Crippen LogP contribution in [0.15, 0.2) is 6.20 Å². The first-order chi connectivity index (χ1) is 13.2. The van der Waals surface area contributed by atoms with Crippen LogP contribution in [0.3, 0.4) is 0 Å². The summed E-state index contributed by atoms with van der Waals surface area (Å²) >= 11 is 0. The van der Waals surface area contributed by atoms with Crippen LogP contribution in [0.25, 0.3) is 0 Å². The highest BCUT2D eigenvalue weighted by Crippen LogP contribution is 2.30. The highest BCUT2D eigenvalue weighted by molar-refractivity contribution is 5.45. The van der Waals surface area contributed by atoms with Crippen molar-refractivity contribution in [3.05, 3.63) is 17.6 Å². The molecule has 0 bridgehead atoms. The van der Waals surface area contributed by atoms with Crippen molar-refractivity contribution in [1.82, 2.24) is 15.3 Å². The number of hydrogen-bond acceptors (Lipinski definition) is 13. The van der Waals surface area contributed by atoms with Gasteiger partial charge in [-0.2, -0.15) is 0 Å². The predicted molar refractivity (Wildman–Crippen MR) is 91.0 cm³/mol. The summed E-state index contributed by atoms with van der Waals surface area (Å²) in [4.78, 5) is 8.35. The van der Waals surface area contributed by atoms with E-state index in [1.807, 2.05) is 0 Å². The normalized spacial score (nSPS) is 37.6. The summed E-state index contributed by atoms with van der Waals surface area (Å²) in [6.07, 6.45) is -10.2. The number of aromatic nitrogens is 2. The molecule has 0 aromatic carbocycles. The van der Waals surface area contributed by atoms with E-state index in [2.05, 4.69) is 20.6 Å². The number of aliphatic hydroxyl groups excluding tert-OH is 6. The topological polar surface area (TPSA) is 216 Å². The zero-order chi connectivity index (χ0) is 20.6. The molecule has 1 aromatic heterocycles. The Morgan fingerprint density at radius 3 is 2.61 bits per heavy atom. The van der Waals surface area contributed by atoms with Gasteiger partial charge in [-0.25, -0.2) is 4.98 Å². The Kier molecular flexibility index (Phi) is 6.41. The van der Waals surface area contributed by atoms with Gasteiger partial charge < -0.3 is 45.4 Å². The van der Waals surface area contributed by atoms with E-state index < -0.39 is 62.0 Å². The van der Waals surface area contributed by atoms with E-state index >= 15 is 0 Å². The van der Waals surface area contributed by atoms with Gasteiger partial charge in [0.1, 0.15) is 42.5 Å². The molecule has 0 saturated carbocycles. The zero-order valence-corrected chi connectivity index (χ0v) is 15.0. The molecule has 28 heavy (non-hydrogen) atoms. The number of rotatable bonds is 5. The fourth-order valence-corrected chi connectivity index (χ4v) is 2.95. The van der Waals surface area contributed by atoms with Crippen LogP contribution in [-0.2, 0) is 9.47 Å². The minimum Gasteiger partial charge on any atom is -0.394 e. The molecule has 9 atom stereocenters. The van der Waals surface area contributed by atoms with Crippen LogP contribution in [-0.4, -0.2) is 90.3 Å². The molecule has 0 radical (unpaired) electrons. The van der Waals surface area contributed by atoms with Crippen LogP contribution in [0.4, 0.5) is 5.82 Å². The lowest BCUT2D eigenvalue weighted by atomic mass is 9.99. The van der Waals surface area contributed by atoms with Crippen LogP contribution < -0.4 is 16.4 Å². The van der Waals surface area contributed by atoms with Crippen LogP contribution in [0.5, 0.6) is 0 Å². The van der Waals surface area contributed by atoms with Crippen LogP contribution in [0, 0.1) is 0 Å². The number of aliphatic hydroxyl groups is 6. The summed E-state index contributed by atoms with van der Waals surface area (Å²) < 4.78 is 11.0. The molecule has 13 heteroatoms. The molecule has 0 spiro atoms. The molecule has 3 rings (SSSR count). The molecular formula is C15H25N5O8. The predicted octanol–water partition coefficient (Wildman–Crippen LogP) is -4.04. The Morgan fingerprint density at radius 1 is 1.25 bits per heavy atom. The summed E-state index contributed by atoms with van der Waals surface area (Å²) in [7, 11) is 0. The van der Waals surface area contributed by atoms with Gasteiger partial charge in [0.2, 0.25) is 0 Å². The Labute approximate surface area is 159 Å². The van der Waals surface area contributed by atoms with E-state index in [9.17, 15) is 30.6 Å². The van der Waals surface area contributed by atoms with Crippen molar-refractivity contribution in [3.8, 4) is 0 Å². The second kappa shape index (κ2) is 8.46. The Morgan fingerprint density at radius 2 is 1.96 bits per heavy atom. The maximum Gasteiger partial charge on any atom is 0.189 e. The molecule has 3 heterocycles. The average Bonchev–Trinajstić information content (AvgIpc) is 2.66. The molecule has 1 fully saturated rings. The number of fused-ring (bicyclic) bond motifs is 1. The van der Waals surface area contributed by atoms with Gasteiger partial charge in [0.05, 0.1) is 24.6 Å². The van der Waals surface area contributed by atoms with Crippen molar-refractivity contribution in [2.24, 2.45) is 5.73 Å². The largest absolute Gasteiger partial charge is 0.394 e. The number of nitrogens with two attached hydrogens (primary N) is 1. The Hall–Kier alpha value is -1.52. The molecule has 13 nitrogen and oxygen atoms in total. The van der Waals surface area contributed by atoms with E-state index in [-0.39, 0.29) is 17.2 Å². The highest BCUT2D eigenvalue weighted by atomic mass is 16.7. The minimum atomic E-state index is -1.60. The fourth-order valence-electron chi connectivity index (χ4n) is 2.95. The lowest BCUT2D eigenvalue weighted by molar-refractivity contribution is -0.316. The quantitative estimate of drug-likeness (QED) is 0.229. The van der Waals surface area contributed by atoms with Crippen molar-refractivity contribution in [3.63, 3.8) is 0 Å². The third-order valence-corrected chi connectivity index (χ3v) is 4.57. The number of nitrogens with one attached hydrogen (secondary N) is 2. The van der Waals surface area contributed by atoms with E-state index in [1.54, 1.807) is 0 Å². The van der Waals surface area contributed by atoms with Crippen LogP contribution >= 0.6 is 0 Å². The average molecular weight is 403 g/mol. The molecule has 0 aliphatic carbocycles. The molecule has 1 aromatic rings. The number of nitrogens with zero attached hydrogens (tertiary/aromatic N) is 2. The number of hydrogen-bond donors (Lipinski definition) is 9. The van der Waals surface area contributed by atoms with E-state index in [0.29, 0.717) is 0 Å². The van der Waals surface area contributed by atoms with Gasteiger partial charge in [-0.15, -0.1) is 0 Å². The molecular weight excluding hydrogens is 378 g/mol.